The van der Waals surface area contributed by atoms with E-state index in [2.05, 4.69) is 46.3 Å². The van der Waals surface area contributed by atoms with Gasteiger partial charge in [0.05, 0.1) is 33.5 Å². The predicted octanol–water partition coefficient (Wildman–Crippen LogP) is 8.85. The van der Waals surface area contributed by atoms with Gasteiger partial charge in [-0.25, -0.2) is 4.98 Å². The fourth-order valence-electron chi connectivity index (χ4n) is 7.76. The minimum absolute atomic E-state index is 0.0548. The number of carbonyl (C=O) groups excluding carboxylic acids is 3. The number of anilines is 2. The van der Waals surface area contributed by atoms with E-state index >= 15 is 0 Å². The number of para-hydroxylation sites is 2. The molecule has 0 atom stereocenters. The summed E-state index contributed by atoms with van der Waals surface area (Å²) in [6, 6.07) is 24.3. The minimum Gasteiger partial charge on any atom is -0.507 e. The normalized spacial score (nSPS) is 18.2. The highest BCUT2D eigenvalue weighted by Crippen LogP contribution is 2.49. The van der Waals surface area contributed by atoms with Gasteiger partial charge < -0.3 is 29.6 Å². The number of ketones is 2. The molecule has 3 aliphatic rings. The first kappa shape index (κ1) is 40.0. The number of carbonyl (C=O) groups is 3. The molecule has 0 saturated heterocycles. The van der Waals surface area contributed by atoms with Crippen LogP contribution >= 0.6 is 11.3 Å². The zero-order valence-electron chi connectivity index (χ0n) is 33.5. The van der Waals surface area contributed by atoms with Crippen molar-refractivity contribution in [2.45, 2.75) is 46.0 Å². The number of esters is 1. The maximum absolute atomic E-state index is 13.6. The van der Waals surface area contributed by atoms with Crippen LogP contribution in [0.25, 0.3) is 22.4 Å². The molecule has 0 fully saturated rings. The summed E-state index contributed by atoms with van der Waals surface area (Å²) in [5.41, 5.74) is 5.47. The number of likely N-dealkylation sites (N-methyl/N-ethyl adjacent to an activating group) is 1. The molecule has 4 aromatic rings. The third-order valence-electron chi connectivity index (χ3n) is 11.0. The molecule has 0 radical (unpaired) electrons. The summed E-state index contributed by atoms with van der Waals surface area (Å²) in [6.45, 7) is 10.4. The standard InChI is InChI=1S/C47H48N4O6S/c1-6-50(7-2)32-27-37(52)43(38(53)28-32)44-45(55)33(46(44)56)29-40-47(3,4)34-13-8-10-15-36(34)51(40)25-26-57-42(54)17-12-24-49(5)31-21-18-30(19-22-31)20-23-41-48-35-14-9-11-16-39(35)58-41/h8-11,13-16,18-23,27-29,52,55H,6-7,12,17,24-26H2,1-5H3/b23-20+,40-29+,44-43+. The number of allylic oxidation sites excluding steroid dienone is 7. The van der Waals surface area contributed by atoms with Crippen molar-refractivity contribution in [3.63, 3.8) is 0 Å². The third-order valence-corrected chi connectivity index (χ3v) is 12.0. The van der Waals surface area contributed by atoms with E-state index < -0.39 is 17.0 Å². The fourth-order valence-corrected chi connectivity index (χ4v) is 8.63. The van der Waals surface area contributed by atoms with E-state index in [4.69, 9.17) is 4.74 Å². The quantitative estimate of drug-likeness (QED) is 0.0945. The molecular weight excluding hydrogens is 749 g/mol. The topological polar surface area (TPSA) is 124 Å². The lowest BCUT2D eigenvalue weighted by atomic mass is 9.78. The number of nitrogens with zero attached hydrogens (tertiary/aromatic N) is 4. The van der Waals surface area contributed by atoms with Crippen LogP contribution in [0, 0.1) is 0 Å². The number of hydrogen-bond acceptors (Lipinski definition) is 11. The predicted molar refractivity (Wildman–Crippen MR) is 232 cm³/mol. The molecule has 298 valence electrons. The van der Waals surface area contributed by atoms with Gasteiger partial charge in [0.2, 0.25) is 5.78 Å². The van der Waals surface area contributed by atoms with Crippen LogP contribution in [-0.4, -0.2) is 77.5 Å². The molecule has 0 amide bonds. The van der Waals surface area contributed by atoms with Crippen molar-refractivity contribution in [3.05, 3.63) is 147 Å². The summed E-state index contributed by atoms with van der Waals surface area (Å²) < 4.78 is 6.88. The third kappa shape index (κ3) is 7.86. The Morgan fingerprint density at radius 1 is 0.931 bits per heavy atom. The maximum atomic E-state index is 13.6. The number of rotatable bonds is 14. The van der Waals surface area contributed by atoms with Gasteiger partial charge in [-0.05, 0) is 73.9 Å². The van der Waals surface area contributed by atoms with Gasteiger partial charge in [0.25, 0.3) is 0 Å². The lowest BCUT2D eigenvalue weighted by Gasteiger charge is -2.30. The molecule has 0 spiro atoms. The molecule has 10 nitrogen and oxygen atoms in total. The second-order valence-electron chi connectivity index (χ2n) is 15.0. The van der Waals surface area contributed by atoms with E-state index in [9.17, 15) is 24.6 Å². The monoisotopic (exact) mass is 796 g/mol. The van der Waals surface area contributed by atoms with Crippen LogP contribution < -0.4 is 9.80 Å². The van der Waals surface area contributed by atoms with Crippen LogP contribution in [0.5, 0.6) is 0 Å². The minimum atomic E-state index is -0.559. The van der Waals surface area contributed by atoms with Crippen molar-refractivity contribution in [1.29, 1.82) is 0 Å². The first-order chi connectivity index (χ1) is 27.9. The molecule has 11 heteroatoms. The highest BCUT2D eigenvalue weighted by Gasteiger charge is 2.44. The number of aliphatic hydroxyl groups is 2. The van der Waals surface area contributed by atoms with Crippen molar-refractivity contribution in [2.24, 2.45) is 0 Å². The molecule has 58 heavy (non-hydrogen) atoms. The van der Waals surface area contributed by atoms with Gasteiger partial charge in [0, 0.05) is 73.4 Å². The van der Waals surface area contributed by atoms with Crippen molar-refractivity contribution in [2.75, 3.05) is 49.6 Å². The number of aromatic nitrogens is 1. The number of fused-ring (bicyclic) bond motifs is 2. The lowest BCUT2D eigenvalue weighted by molar-refractivity contribution is -0.143. The van der Waals surface area contributed by atoms with Crippen molar-refractivity contribution >= 4 is 62.6 Å². The van der Waals surface area contributed by atoms with Crippen LogP contribution in [0.4, 0.5) is 11.4 Å². The van der Waals surface area contributed by atoms with Gasteiger partial charge in [-0.1, -0.05) is 62.4 Å². The number of ether oxygens (including phenoxy) is 1. The second kappa shape index (κ2) is 16.7. The SMILES string of the molecule is CCN(CC)C1=CC(=O)/C(=C2/C(=O)C(/C=C3/N(CCOC(=O)CCCN(C)c4ccc(/C=C/c5nc6ccccc6s5)cc4)c4ccccc4C3(C)C)=C2O)C(O)=C1. The van der Waals surface area contributed by atoms with Crippen LogP contribution in [-0.2, 0) is 24.5 Å². The smallest absolute Gasteiger partial charge is 0.305 e. The zero-order valence-corrected chi connectivity index (χ0v) is 34.3. The summed E-state index contributed by atoms with van der Waals surface area (Å²) in [5.74, 6) is -2.04. The van der Waals surface area contributed by atoms with Gasteiger partial charge in [-0.3, -0.25) is 14.4 Å². The Kier molecular flexibility index (Phi) is 11.5. The molecule has 3 aromatic carbocycles. The first-order valence-corrected chi connectivity index (χ1v) is 20.5. The molecule has 2 aliphatic carbocycles. The van der Waals surface area contributed by atoms with Crippen molar-refractivity contribution < 1.29 is 29.3 Å². The molecule has 7 rings (SSSR count). The first-order valence-electron chi connectivity index (χ1n) is 19.7. The Morgan fingerprint density at radius 3 is 2.36 bits per heavy atom. The Balaban J connectivity index is 0.961. The van der Waals surface area contributed by atoms with Gasteiger partial charge in [-0.2, -0.15) is 0 Å². The molecule has 1 aromatic heterocycles. The Hall–Kier alpha value is -6.20. The van der Waals surface area contributed by atoms with Gasteiger partial charge in [0.1, 0.15) is 23.1 Å². The summed E-state index contributed by atoms with van der Waals surface area (Å²) in [5, 5.41) is 23.0. The molecule has 2 heterocycles. The fraction of sp³-hybridized carbons (Fsp3) is 0.277. The van der Waals surface area contributed by atoms with E-state index in [0.29, 0.717) is 38.3 Å². The number of thiazole rings is 1. The van der Waals surface area contributed by atoms with Crippen molar-refractivity contribution in [1.82, 2.24) is 9.88 Å². The number of benzene rings is 3. The number of hydrogen-bond donors (Lipinski definition) is 2. The van der Waals surface area contributed by atoms with E-state index in [1.54, 1.807) is 17.4 Å². The molecule has 1 aliphatic heterocycles. The molecule has 0 unspecified atom stereocenters. The number of aliphatic hydroxyl groups excluding tert-OH is 2. The van der Waals surface area contributed by atoms with E-state index in [0.717, 1.165) is 38.7 Å². The number of Topliss-reactive ketones (excluding diaryl/α,β-unsaturated/α-hetero) is 1. The molecular formula is C47H48N4O6S. The Labute approximate surface area is 343 Å². The van der Waals surface area contributed by atoms with E-state index in [-0.39, 0.29) is 47.2 Å². The largest absolute Gasteiger partial charge is 0.507 e. The van der Waals surface area contributed by atoms with Crippen LogP contribution in [0.2, 0.25) is 0 Å². The summed E-state index contributed by atoms with van der Waals surface area (Å²) in [4.78, 5) is 50.3. The highest BCUT2D eigenvalue weighted by atomic mass is 32.1. The van der Waals surface area contributed by atoms with E-state index in [1.807, 2.05) is 93.1 Å². The van der Waals surface area contributed by atoms with Gasteiger partial charge in [0.15, 0.2) is 5.78 Å². The van der Waals surface area contributed by atoms with Gasteiger partial charge >= 0.3 is 5.97 Å². The molecule has 2 N–H and O–H groups in total. The summed E-state index contributed by atoms with van der Waals surface area (Å²) in [7, 11) is 2.00. The second-order valence-corrected chi connectivity index (χ2v) is 16.1. The highest BCUT2D eigenvalue weighted by molar-refractivity contribution is 7.19. The van der Waals surface area contributed by atoms with Crippen LogP contribution in [0.1, 0.15) is 56.7 Å². The zero-order chi connectivity index (χ0) is 41.1. The van der Waals surface area contributed by atoms with Crippen LogP contribution in [0.3, 0.4) is 0 Å². The molecule has 0 bridgehead atoms. The Bertz CT molecular complexity index is 2430. The van der Waals surface area contributed by atoms with Crippen molar-refractivity contribution in [3.8, 4) is 0 Å². The maximum Gasteiger partial charge on any atom is 0.305 e. The van der Waals surface area contributed by atoms with Crippen LogP contribution in [0.15, 0.2) is 131 Å². The summed E-state index contributed by atoms with van der Waals surface area (Å²) >= 11 is 1.67. The van der Waals surface area contributed by atoms with Gasteiger partial charge in [-0.15, -0.1) is 11.3 Å². The Morgan fingerprint density at radius 2 is 1.66 bits per heavy atom. The average Bonchev–Trinajstić information content (AvgIpc) is 3.73. The van der Waals surface area contributed by atoms with E-state index in [1.165, 1.54) is 16.9 Å². The lowest BCUT2D eigenvalue weighted by Crippen LogP contribution is -2.32. The average molecular weight is 797 g/mol. The summed E-state index contributed by atoms with van der Waals surface area (Å²) in [6.07, 6.45) is 9.46. The molecule has 0 saturated carbocycles.